The molecule has 1 fully saturated rings. The molecule has 0 saturated carbocycles. The number of nitrogens with zero attached hydrogens (tertiary/aromatic N) is 2. The first kappa shape index (κ1) is 21.2. The summed E-state index contributed by atoms with van der Waals surface area (Å²) in [4.78, 5) is 28.7. The Bertz CT molecular complexity index is 825. The fraction of sp³-hybridized carbons (Fsp3) is 0.429. The fourth-order valence-electron chi connectivity index (χ4n) is 3.22. The number of carbonyl (C=O) groups is 2. The first-order valence-electron chi connectivity index (χ1n) is 9.66. The lowest BCUT2D eigenvalue weighted by Crippen LogP contribution is -2.51. The summed E-state index contributed by atoms with van der Waals surface area (Å²) < 4.78 is 11.2. The van der Waals surface area contributed by atoms with E-state index in [2.05, 4.69) is 5.32 Å². The van der Waals surface area contributed by atoms with Crippen LogP contribution in [0, 0.1) is 5.92 Å². The maximum absolute atomic E-state index is 12.7. The van der Waals surface area contributed by atoms with E-state index in [1.165, 1.54) is 0 Å². The minimum atomic E-state index is -0.272. The van der Waals surface area contributed by atoms with Crippen LogP contribution in [0.5, 0.6) is 0 Å². The summed E-state index contributed by atoms with van der Waals surface area (Å²) in [6.45, 7) is 5.79. The van der Waals surface area contributed by atoms with Gasteiger partial charge in [-0.1, -0.05) is 31.5 Å². The maximum atomic E-state index is 12.7. The molecule has 3 amide bonds. The molecule has 0 bridgehead atoms. The van der Waals surface area contributed by atoms with Crippen LogP contribution in [0.3, 0.4) is 0 Å². The van der Waals surface area contributed by atoms with Gasteiger partial charge in [0.15, 0.2) is 0 Å². The lowest BCUT2D eigenvalue weighted by molar-refractivity contribution is -0.138. The summed E-state index contributed by atoms with van der Waals surface area (Å²) in [6.07, 6.45) is 1.32. The highest BCUT2D eigenvalue weighted by Gasteiger charge is 2.28. The molecule has 1 aliphatic rings. The second-order valence-corrected chi connectivity index (χ2v) is 7.77. The Hall–Kier alpha value is -2.51. The van der Waals surface area contributed by atoms with Crippen molar-refractivity contribution in [2.75, 3.05) is 31.6 Å². The van der Waals surface area contributed by atoms with E-state index in [9.17, 15) is 9.59 Å². The van der Waals surface area contributed by atoms with E-state index in [1.54, 1.807) is 46.4 Å². The van der Waals surface area contributed by atoms with Crippen LogP contribution in [-0.2, 0) is 16.1 Å². The lowest BCUT2D eigenvalue weighted by atomic mass is 10.1. The third-order valence-corrected chi connectivity index (χ3v) is 4.89. The lowest BCUT2D eigenvalue weighted by Gasteiger charge is -2.36. The van der Waals surface area contributed by atoms with Gasteiger partial charge in [-0.05, 0) is 30.3 Å². The Labute approximate surface area is 175 Å². The smallest absolute Gasteiger partial charge is 0.322 e. The van der Waals surface area contributed by atoms with Crippen molar-refractivity contribution >= 4 is 29.2 Å². The quantitative estimate of drug-likeness (QED) is 0.771. The second-order valence-electron chi connectivity index (χ2n) is 7.33. The molecule has 1 N–H and O–H groups in total. The van der Waals surface area contributed by atoms with E-state index in [4.69, 9.17) is 20.8 Å². The highest BCUT2D eigenvalue weighted by atomic mass is 35.5. The SMILES string of the molecule is CC(C)C(=O)N(Cc1ccco1)CC1CN(C(=O)Nc2cccc(Cl)c2)CCO1. The van der Waals surface area contributed by atoms with Gasteiger partial charge in [-0.15, -0.1) is 0 Å². The van der Waals surface area contributed by atoms with E-state index < -0.39 is 0 Å². The van der Waals surface area contributed by atoms with Crippen molar-refractivity contribution in [3.63, 3.8) is 0 Å². The maximum Gasteiger partial charge on any atom is 0.322 e. The molecule has 1 aromatic carbocycles. The number of furan rings is 1. The third kappa shape index (κ3) is 5.98. The number of hydrogen-bond acceptors (Lipinski definition) is 4. The molecule has 2 heterocycles. The first-order valence-corrected chi connectivity index (χ1v) is 10.0. The van der Waals surface area contributed by atoms with Gasteiger partial charge >= 0.3 is 6.03 Å². The Morgan fingerprint density at radius 3 is 2.83 bits per heavy atom. The van der Waals surface area contributed by atoms with E-state index in [0.29, 0.717) is 49.3 Å². The highest BCUT2D eigenvalue weighted by molar-refractivity contribution is 6.30. The topological polar surface area (TPSA) is 75.0 Å². The largest absolute Gasteiger partial charge is 0.467 e. The van der Waals surface area contributed by atoms with Crippen LogP contribution in [0.15, 0.2) is 47.1 Å². The molecule has 1 unspecified atom stereocenters. The van der Waals surface area contributed by atoms with Gasteiger partial charge < -0.3 is 24.3 Å². The van der Waals surface area contributed by atoms with Crippen molar-refractivity contribution < 1.29 is 18.7 Å². The molecule has 2 aromatic rings. The number of anilines is 1. The average Bonchev–Trinajstić information content (AvgIpc) is 3.20. The number of ether oxygens (including phenoxy) is 1. The average molecular weight is 420 g/mol. The first-order chi connectivity index (χ1) is 13.9. The van der Waals surface area contributed by atoms with E-state index >= 15 is 0 Å². The van der Waals surface area contributed by atoms with Crippen molar-refractivity contribution in [3.8, 4) is 0 Å². The van der Waals surface area contributed by atoms with Gasteiger partial charge in [0.2, 0.25) is 5.91 Å². The molecule has 1 saturated heterocycles. The molecule has 29 heavy (non-hydrogen) atoms. The predicted octanol–water partition coefficient (Wildman–Crippen LogP) is 3.85. The third-order valence-electron chi connectivity index (χ3n) is 4.66. The Balaban J connectivity index is 1.61. The number of rotatable bonds is 6. The van der Waals surface area contributed by atoms with Gasteiger partial charge in [0.25, 0.3) is 0 Å². The van der Waals surface area contributed by atoms with Crippen LogP contribution in [-0.4, -0.2) is 54.1 Å². The molecule has 7 nitrogen and oxygen atoms in total. The van der Waals surface area contributed by atoms with Gasteiger partial charge in [-0.2, -0.15) is 0 Å². The summed E-state index contributed by atoms with van der Waals surface area (Å²) >= 11 is 5.98. The predicted molar refractivity (Wildman–Crippen MR) is 111 cm³/mol. The number of nitrogens with one attached hydrogen (secondary N) is 1. The number of urea groups is 1. The van der Waals surface area contributed by atoms with Gasteiger partial charge in [-0.3, -0.25) is 4.79 Å². The summed E-state index contributed by atoms with van der Waals surface area (Å²) in [7, 11) is 0. The summed E-state index contributed by atoms with van der Waals surface area (Å²) in [5, 5.41) is 3.41. The molecular weight excluding hydrogens is 394 g/mol. The van der Waals surface area contributed by atoms with E-state index in [1.807, 2.05) is 19.9 Å². The number of morpholine rings is 1. The zero-order chi connectivity index (χ0) is 20.8. The van der Waals surface area contributed by atoms with Crippen LogP contribution in [0.25, 0.3) is 0 Å². The van der Waals surface area contributed by atoms with Crippen molar-refractivity contribution in [2.45, 2.75) is 26.5 Å². The number of halogens is 1. The minimum absolute atomic E-state index is 0.0190. The summed E-state index contributed by atoms with van der Waals surface area (Å²) in [5.74, 6) is 0.589. The molecule has 0 spiro atoms. The molecule has 8 heteroatoms. The Kier molecular flexibility index (Phi) is 7.17. The van der Waals surface area contributed by atoms with Gasteiger partial charge in [-0.25, -0.2) is 4.79 Å². The zero-order valence-corrected chi connectivity index (χ0v) is 17.4. The monoisotopic (exact) mass is 419 g/mol. The molecular formula is C21H26ClN3O4. The van der Waals surface area contributed by atoms with Crippen molar-refractivity contribution in [2.24, 2.45) is 5.92 Å². The molecule has 1 atom stereocenters. The van der Waals surface area contributed by atoms with Crippen molar-refractivity contribution in [1.29, 1.82) is 0 Å². The van der Waals surface area contributed by atoms with Gasteiger partial charge in [0.05, 0.1) is 32.1 Å². The molecule has 3 rings (SSSR count). The van der Waals surface area contributed by atoms with E-state index in [-0.39, 0.29) is 24.0 Å². The van der Waals surface area contributed by atoms with Gasteiger partial charge in [0.1, 0.15) is 5.76 Å². The fourth-order valence-corrected chi connectivity index (χ4v) is 3.41. The standard InChI is InChI=1S/C21H26ClN3O4/c1-15(2)20(26)25(12-18-7-4-9-28-18)14-19-13-24(8-10-29-19)21(27)23-17-6-3-5-16(22)11-17/h3-7,9,11,15,19H,8,10,12-14H2,1-2H3,(H,23,27). The van der Waals surface area contributed by atoms with Crippen LogP contribution in [0.1, 0.15) is 19.6 Å². The zero-order valence-electron chi connectivity index (χ0n) is 16.6. The van der Waals surface area contributed by atoms with Crippen molar-refractivity contribution in [3.05, 3.63) is 53.4 Å². The number of benzene rings is 1. The van der Waals surface area contributed by atoms with Crippen LogP contribution in [0.2, 0.25) is 5.02 Å². The van der Waals surface area contributed by atoms with Gasteiger partial charge in [0, 0.05) is 29.7 Å². The van der Waals surface area contributed by atoms with Crippen LogP contribution >= 0.6 is 11.6 Å². The second kappa shape index (κ2) is 9.80. The van der Waals surface area contributed by atoms with Crippen LogP contribution < -0.4 is 5.32 Å². The molecule has 1 aliphatic heterocycles. The summed E-state index contributed by atoms with van der Waals surface area (Å²) in [6, 6.07) is 10.4. The minimum Gasteiger partial charge on any atom is -0.467 e. The number of hydrogen-bond donors (Lipinski definition) is 1. The number of carbonyl (C=O) groups excluding carboxylic acids is 2. The van der Waals surface area contributed by atoms with Crippen molar-refractivity contribution in [1.82, 2.24) is 9.80 Å². The van der Waals surface area contributed by atoms with E-state index in [0.717, 1.165) is 0 Å². The molecule has 0 aliphatic carbocycles. The van der Waals surface area contributed by atoms with Crippen LogP contribution in [0.4, 0.5) is 10.5 Å². The Morgan fingerprint density at radius 1 is 1.31 bits per heavy atom. The molecule has 0 radical (unpaired) electrons. The molecule has 1 aromatic heterocycles. The normalized spacial score (nSPS) is 16.7. The summed E-state index contributed by atoms with van der Waals surface area (Å²) in [5.41, 5.74) is 0.639. The Morgan fingerprint density at radius 2 is 2.14 bits per heavy atom. The highest BCUT2D eigenvalue weighted by Crippen LogP contribution is 2.17. The molecule has 156 valence electrons. The number of amides is 3.